The van der Waals surface area contributed by atoms with Crippen LogP contribution in [0.25, 0.3) is 43.8 Å². The molecule has 2 heteroatoms. The van der Waals surface area contributed by atoms with Gasteiger partial charge in [-0.1, -0.05) is 172 Å². The van der Waals surface area contributed by atoms with Gasteiger partial charge in [-0.25, -0.2) is 0 Å². The molecule has 0 N–H and O–H groups in total. The van der Waals surface area contributed by atoms with Crippen molar-refractivity contribution in [1.29, 1.82) is 0 Å². The van der Waals surface area contributed by atoms with Crippen LogP contribution in [0.3, 0.4) is 0 Å². The molecule has 1 aliphatic rings. The van der Waals surface area contributed by atoms with E-state index in [9.17, 15) is 0 Å². The monoisotopic (exact) mass is 704 g/mol. The van der Waals surface area contributed by atoms with E-state index in [0.717, 1.165) is 17.1 Å². The first-order valence-corrected chi connectivity index (χ1v) is 19.1. The van der Waals surface area contributed by atoms with Gasteiger partial charge in [-0.05, 0) is 86.9 Å². The Morgan fingerprint density at radius 3 is 1.80 bits per heavy atom. The van der Waals surface area contributed by atoms with Gasteiger partial charge in [-0.15, -0.1) is 0 Å². The molecule has 0 amide bonds. The average molecular weight is 705 g/mol. The van der Waals surface area contributed by atoms with Gasteiger partial charge in [0.05, 0.1) is 22.7 Å². The lowest BCUT2D eigenvalue weighted by Crippen LogP contribution is -2.32. The topological polar surface area (TPSA) is 6.48 Å². The predicted octanol–water partition coefficient (Wildman–Crippen LogP) is 14.9. The molecule has 262 valence electrons. The van der Waals surface area contributed by atoms with E-state index in [1.807, 2.05) is 0 Å². The molecule has 9 aromatic carbocycles. The van der Waals surface area contributed by atoms with E-state index in [0.29, 0.717) is 0 Å². The second-order valence-corrected chi connectivity index (χ2v) is 15.0. The highest BCUT2D eigenvalue weighted by atomic mass is 15.2. The number of benzene rings is 9. The molecule has 2 nitrogen and oxygen atoms in total. The van der Waals surface area contributed by atoms with Gasteiger partial charge in [-0.2, -0.15) is 0 Å². The first-order valence-electron chi connectivity index (χ1n) is 19.1. The summed E-state index contributed by atoms with van der Waals surface area (Å²) in [5, 5.41) is 4.91. The molecule has 1 aliphatic heterocycles. The number of para-hydroxylation sites is 2. The summed E-state index contributed by atoms with van der Waals surface area (Å²) in [6.07, 6.45) is 0. The van der Waals surface area contributed by atoms with Crippen molar-refractivity contribution in [1.82, 2.24) is 0 Å². The molecule has 0 spiro atoms. The highest BCUT2D eigenvalue weighted by molar-refractivity contribution is 6.09. The minimum Gasteiger partial charge on any atom is -0.310 e. The van der Waals surface area contributed by atoms with Gasteiger partial charge in [0, 0.05) is 33.3 Å². The van der Waals surface area contributed by atoms with Gasteiger partial charge in [0.25, 0.3) is 0 Å². The van der Waals surface area contributed by atoms with Crippen molar-refractivity contribution in [2.45, 2.75) is 19.3 Å². The molecule has 0 saturated heterocycles. The minimum atomic E-state index is -0.330. The maximum atomic E-state index is 2.55. The summed E-state index contributed by atoms with van der Waals surface area (Å²) in [6.45, 7) is 4.78. The van der Waals surface area contributed by atoms with E-state index in [1.165, 1.54) is 72.0 Å². The lowest BCUT2D eigenvalue weighted by Gasteiger charge is -2.45. The number of hydrogen-bond acceptors (Lipinski definition) is 2. The van der Waals surface area contributed by atoms with E-state index < -0.39 is 0 Å². The molecule has 0 atom stereocenters. The summed E-state index contributed by atoms with van der Waals surface area (Å²) in [4.78, 5) is 4.99. The molecule has 9 aromatic rings. The fraction of sp³-hybridized carbons (Fsp3) is 0.0566. The molecule has 0 aromatic heterocycles. The first-order chi connectivity index (χ1) is 27.1. The standard InChI is InChI=1S/C53H40N2/c1-53(2)47-24-13-14-25-48(47)55(52-45-23-12-11-19-40(45)32-35-46(52)42-29-28-38-18-9-10-20-41(38)36-42)50-27-15-26-49(51(50)53)54(43-21-7-4-8-22-43)44-33-30-39(31-34-44)37-16-5-3-6-17-37/h3-36H,1-2H3. The normalized spacial score (nSPS) is 13.0. The van der Waals surface area contributed by atoms with E-state index in [-0.39, 0.29) is 5.41 Å². The zero-order chi connectivity index (χ0) is 36.9. The molecule has 55 heavy (non-hydrogen) atoms. The molecule has 1 heterocycles. The molecular weight excluding hydrogens is 665 g/mol. The van der Waals surface area contributed by atoms with E-state index >= 15 is 0 Å². The molecule has 0 fully saturated rings. The Morgan fingerprint density at radius 1 is 0.418 bits per heavy atom. The second kappa shape index (κ2) is 13.2. The Balaban J connectivity index is 1.24. The molecule has 10 rings (SSSR count). The van der Waals surface area contributed by atoms with Crippen LogP contribution in [0.5, 0.6) is 0 Å². The molecular formula is C53H40N2. The van der Waals surface area contributed by atoms with Crippen molar-refractivity contribution in [2.75, 3.05) is 9.80 Å². The van der Waals surface area contributed by atoms with Crippen molar-refractivity contribution in [3.8, 4) is 22.3 Å². The van der Waals surface area contributed by atoms with E-state index in [2.05, 4.69) is 230 Å². The van der Waals surface area contributed by atoms with Crippen LogP contribution in [0.1, 0.15) is 25.0 Å². The van der Waals surface area contributed by atoms with Crippen molar-refractivity contribution in [2.24, 2.45) is 0 Å². The van der Waals surface area contributed by atoms with E-state index in [4.69, 9.17) is 0 Å². The number of fused-ring (bicyclic) bond motifs is 4. The van der Waals surface area contributed by atoms with Crippen LogP contribution in [-0.4, -0.2) is 0 Å². The smallest absolute Gasteiger partial charge is 0.0618 e. The third-order valence-corrected chi connectivity index (χ3v) is 11.4. The zero-order valence-electron chi connectivity index (χ0n) is 31.0. The Kier molecular flexibility index (Phi) is 7.85. The molecule has 0 aliphatic carbocycles. The average Bonchev–Trinajstić information content (AvgIpc) is 3.24. The molecule has 0 bridgehead atoms. The third-order valence-electron chi connectivity index (χ3n) is 11.4. The number of hydrogen-bond donors (Lipinski definition) is 0. The van der Waals surface area contributed by atoms with Crippen LogP contribution < -0.4 is 9.80 Å². The van der Waals surface area contributed by atoms with Crippen LogP contribution in [0, 0.1) is 0 Å². The zero-order valence-corrected chi connectivity index (χ0v) is 31.0. The van der Waals surface area contributed by atoms with Gasteiger partial charge in [0.15, 0.2) is 0 Å². The van der Waals surface area contributed by atoms with Crippen LogP contribution in [-0.2, 0) is 5.41 Å². The molecule has 0 unspecified atom stereocenters. The fourth-order valence-electron chi connectivity index (χ4n) is 8.77. The van der Waals surface area contributed by atoms with Gasteiger partial charge in [0.1, 0.15) is 0 Å². The Morgan fingerprint density at radius 2 is 1.00 bits per heavy atom. The van der Waals surface area contributed by atoms with Crippen LogP contribution >= 0.6 is 0 Å². The summed E-state index contributed by atoms with van der Waals surface area (Å²) in [6, 6.07) is 75.2. The highest BCUT2D eigenvalue weighted by Crippen LogP contribution is 2.58. The number of nitrogens with zero attached hydrogens (tertiary/aromatic N) is 2. The van der Waals surface area contributed by atoms with Gasteiger partial charge in [0.2, 0.25) is 0 Å². The van der Waals surface area contributed by atoms with Crippen molar-refractivity contribution in [3.63, 3.8) is 0 Å². The number of anilines is 6. The van der Waals surface area contributed by atoms with Gasteiger partial charge >= 0.3 is 0 Å². The summed E-state index contributed by atoms with van der Waals surface area (Å²) in [5.74, 6) is 0. The van der Waals surface area contributed by atoms with Crippen LogP contribution in [0.2, 0.25) is 0 Å². The summed E-state index contributed by atoms with van der Waals surface area (Å²) in [7, 11) is 0. The van der Waals surface area contributed by atoms with Crippen molar-refractivity contribution >= 4 is 55.7 Å². The summed E-state index contributed by atoms with van der Waals surface area (Å²) in [5.41, 5.74) is 14.0. The fourth-order valence-corrected chi connectivity index (χ4v) is 8.77. The van der Waals surface area contributed by atoms with Gasteiger partial charge < -0.3 is 9.80 Å². The highest BCUT2D eigenvalue weighted by Gasteiger charge is 2.41. The first kappa shape index (κ1) is 32.7. The maximum absolute atomic E-state index is 2.55. The van der Waals surface area contributed by atoms with Gasteiger partial charge in [-0.3, -0.25) is 0 Å². The van der Waals surface area contributed by atoms with Crippen LogP contribution in [0.15, 0.2) is 206 Å². The maximum Gasteiger partial charge on any atom is 0.0618 e. The third kappa shape index (κ3) is 5.49. The second-order valence-electron chi connectivity index (χ2n) is 15.0. The predicted molar refractivity (Wildman–Crippen MR) is 234 cm³/mol. The molecule has 0 radical (unpaired) electrons. The number of rotatable bonds is 6. The lowest BCUT2D eigenvalue weighted by molar-refractivity contribution is 0.632. The lowest BCUT2D eigenvalue weighted by atomic mass is 9.72. The minimum absolute atomic E-state index is 0.330. The Bertz CT molecular complexity index is 2840. The van der Waals surface area contributed by atoms with Crippen molar-refractivity contribution in [3.05, 3.63) is 217 Å². The summed E-state index contributed by atoms with van der Waals surface area (Å²) < 4.78 is 0. The SMILES string of the molecule is CC1(C)c2ccccc2N(c2c(-c3ccc4ccccc4c3)ccc3ccccc23)c2cccc(N(c3ccccc3)c3ccc(-c4ccccc4)cc3)c21. The molecule has 0 saturated carbocycles. The van der Waals surface area contributed by atoms with Crippen LogP contribution in [0.4, 0.5) is 34.1 Å². The largest absolute Gasteiger partial charge is 0.310 e. The van der Waals surface area contributed by atoms with E-state index in [1.54, 1.807) is 0 Å². The quantitative estimate of drug-likeness (QED) is 0.170. The van der Waals surface area contributed by atoms with Crippen molar-refractivity contribution < 1.29 is 0 Å². The summed E-state index contributed by atoms with van der Waals surface area (Å²) >= 11 is 0. The Hall–Kier alpha value is -6.90. The Labute approximate surface area is 323 Å².